The van der Waals surface area contributed by atoms with Crippen LogP contribution in [-0.4, -0.2) is 26.4 Å². The van der Waals surface area contributed by atoms with Gasteiger partial charge in [-0.3, -0.25) is 9.36 Å². The lowest BCUT2D eigenvalue weighted by molar-refractivity contribution is -0.146. The molecule has 136 valence electrons. The number of esters is 1. The molecule has 1 aromatic heterocycles. The number of aryl methyl sites for hydroxylation is 1. The molecule has 0 N–H and O–H groups in total. The number of carbonyl (C=O) groups excluding carboxylic acids is 1. The number of aliphatic imine (C=N–C) groups is 1. The van der Waals surface area contributed by atoms with E-state index in [0.29, 0.717) is 33.6 Å². The second kappa shape index (κ2) is 6.59. The third-order valence-electron chi connectivity index (χ3n) is 4.18. The van der Waals surface area contributed by atoms with Crippen molar-refractivity contribution < 1.29 is 13.9 Å². The highest BCUT2D eigenvalue weighted by atomic mass is 35.5. The van der Waals surface area contributed by atoms with Crippen molar-refractivity contribution in [3.8, 4) is 5.69 Å². The van der Waals surface area contributed by atoms with Gasteiger partial charge in [0.15, 0.2) is 0 Å². The zero-order valence-corrected chi connectivity index (χ0v) is 15.2. The van der Waals surface area contributed by atoms with Crippen LogP contribution in [-0.2, 0) is 9.53 Å². The van der Waals surface area contributed by atoms with Crippen LogP contribution in [0.25, 0.3) is 5.69 Å². The molecule has 0 saturated heterocycles. The quantitative estimate of drug-likeness (QED) is 0.630. The monoisotopic (exact) mass is 384 g/mol. The van der Waals surface area contributed by atoms with Gasteiger partial charge in [0.1, 0.15) is 11.6 Å². The number of hydrogen-bond acceptors (Lipinski definition) is 5. The summed E-state index contributed by atoms with van der Waals surface area (Å²) in [6.45, 7) is 3.05. The Morgan fingerprint density at radius 2 is 1.96 bits per heavy atom. The summed E-state index contributed by atoms with van der Waals surface area (Å²) < 4.78 is 21.7. The van der Waals surface area contributed by atoms with Crippen LogP contribution in [0, 0.1) is 12.7 Å². The average molecular weight is 385 g/mol. The Hall–Kier alpha value is -3.06. The first kappa shape index (κ1) is 17.4. The predicted molar refractivity (Wildman–Crippen MR) is 97.7 cm³/mol. The van der Waals surface area contributed by atoms with Crippen molar-refractivity contribution in [3.05, 3.63) is 76.1 Å². The summed E-state index contributed by atoms with van der Waals surface area (Å²) in [7, 11) is 0. The Kier molecular flexibility index (Phi) is 4.24. The average Bonchev–Trinajstić information content (AvgIpc) is 2.94. The number of aromatic nitrogens is 3. The molecule has 1 aliphatic rings. The molecule has 6 nitrogen and oxygen atoms in total. The molecule has 0 amide bonds. The summed E-state index contributed by atoms with van der Waals surface area (Å²) in [4.78, 5) is 16.2. The van der Waals surface area contributed by atoms with Gasteiger partial charge in [-0.05, 0) is 37.3 Å². The number of fused-ring (bicyclic) bond motifs is 3. The first-order valence-corrected chi connectivity index (χ1v) is 8.55. The fourth-order valence-electron chi connectivity index (χ4n) is 3.08. The van der Waals surface area contributed by atoms with Crippen LogP contribution in [0.2, 0.25) is 5.02 Å². The minimum absolute atomic E-state index is 0.273. The molecule has 8 heteroatoms. The molecule has 0 fully saturated rings. The Morgan fingerprint density at radius 3 is 2.70 bits per heavy atom. The Labute approximate surface area is 159 Å². The lowest BCUT2D eigenvalue weighted by atomic mass is 10.00. The zero-order valence-electron chi connectivity index (χ0n) is 14.5. The Balaban J connectivity index is 2.06. The highest BCUT2D eigenvalue weighted by Gasteiger charge is 2.30. The van der Waals surface area contributed by atoms with E-state index in [-0.39, 0.29) is 5.56 Å². The number of benzene rings is 2. The maximum atomic E-state index is 14.6. The molecule has 0 bridgehead atoms. The summed E-state index contributed by atoms with van der Waals surface area (Å²) in [5, 5.41) is 8.67. The predicted octanol–water partition coefficient (Wildman–Crippen LogP) is 3.78. The van der Waals surface area contributed by atoms with Crippen molar-refractivity contribution >= 4 is 23.3 Å². The number of halogens is 2. The van der Waals surface area contributed by atoms with Crippen LogP contribution < -0.4 is 0 Å². The molecule has 1 atom stereocenters. The summed E-state index contributed by atoms with van der Waals surface area (Å²) in [5.41, 5.74) is 1.86. The number of rotatable bonds is 2. The first-order valence-electron chi connectivity index (χ1n) is 8.18. The molecule has 2 heterocycles. The molecule has 1 unspecified atom stereocenters. The van der Waals surface area contributed by atoms with Crippen molar-refractivity contribution in [2.75, 3.05) is 0 Å². The van der Waals surface area contributed by atoms with Crippen LogP contribution in [0.1, 0.15) is 35.9 Å². The third-order valence-corrected chi connectivity index (χ3v) is 4.41. The maximum absolute atomic E-state index is 14.6. The van der Waals surface area contributed by atoms with Gasteiger partial charge >= 0.3 is 5.97 Å². The minimum Gasteiger partial charge on any atom is -0.432 e. The molecule has 3 aromatic rings. The minimum atomic E-state index is -1.07. The van der Waals surface area contributed by atoms with E-state index in [0.717, 1.165) is 0 Å². The molecule has 2 aromatic carbocycles. The van der Waals surface area contributed by atoms with E-state index in [1.54, 1.807) is 47.9 Å². The molecule has 0 saturated carbocycles. The molecule has 0 aliphatic carbocycles. The van der Waals surface area contributed by atoms with E-state index in [9.17, 15) is 9.18 Å². The first-order chi connectivity index (χ1) is 13.0. The van der Waals surface area contributed by atoms with Gasteiger partial charge in [-0.2, -0.15) is 0 Å². The second-order valence-corrected chi connectivity index (χ2v) is 6.46. The van der Waals surface area contributed by atoms with Gasteiger partial charge in [0, 0.05) is 23.1 Å². The Bertz CT molecular complexity index is 1090. The van der Waals surface area contributed by atoms with Gasteiger partial charge in [-0.25, -0.2) is 9.38 Å². The maximum Gasteiger partial charge on any atom is 0.304 e. The van der Waals surface area contributed by atoms with Crippen LogP contribution in [0.15, 0.2) is 47.5 Å². The van der Waals surface area contributed by atoms with Crippen LogP contribution in [0.4, 0.5) is 4.39 Å². The molecule has 27 heavy (non-hydrogen) atoms. The number of ether oxygens (including phenoxy) is 1. The molecule has 1 aliphatic heterocycles. The van der Waals surface area contributed by atoms with E-state index in [2.05, 4.69) is 15.2 Å². The summed E-state index contributed by atoms with van der Waals surface area (Å²) >= 11 is 6.21. The number of nitrogens with zero attached hydrogens (tertiary/aromatic N) is 4. The van der Waals surface area contributed by atoms with Gasteiger partial charge in [-0.15, -0.1) is 10.2 Å². The van der Waals surface area contributed by atoms with Gasteiger partial charge in [0.05, 0.1) is 11.4 Å². The second-order valence-electron chi connectivity index (χ2n) is 6.02. The van der Waals surface area contributed by atoms with E-state index < -0.39 is 18.0 Å². The smallest absolute Gasteiger partial charge is 0.304 e. The molecular formula is C19H14ClFN4O2. The van der Waals surface area contributed by atoms with Gasteiger partial charge in [-0.1, -0.05) is 23.7 Å². The Morgan fingerprint density at radius 1 is 1.19 bits per heavy atom. The highest BCUT2D eigenvalue weighted by molar-refractivity contribution is 6.31. The fraction of sp³-hybridized carbons (Fsp3) is 0.158. The zero-order chi connectivity index (χ0) is 19.1. The normalized spacial score (nSPS) is 15.4. The van der Waals surface area contributed by atoms with Crippen molar-refractivity contribution in [3.63, 3.8) is 0 Å². The summed E-state index contributed by atoms with van der Waals surface area (Å²) in [5.74, 6) is -0.0701. The van der Waals surface area contributed by atoms with Crippen LogP contribution in [0.3, 0.4) is 0 Å². The largest absolute Gasteiger partial charge is 0.432 e. The summed E-state index contributed by atoms with van der Waals surface area (Å²) in [6, 6.07) is 11.5. The lowest BCUT2D eigenvalue weighted by Crippen LogP contribution is -2.12. The van der Waals surface area contributed by atoms with Crippen molar-refractivity contribution in [2.24, 2.45) is 4.99 Å². The van der Waals surface area contributed by atoms with Gasteiger partial charge in [0.25, 0.3) is 6.23 Å². The molecule has 0 radical (unpaired) electrons. The standard InChI is InChI=1S/C19H14ClFN4O2/c1-10-23-24-18-19(27-11(2)26)22-17(13-5-3-4-6-15(13)21)14-9-12(20)7-8-16(14)25(10)18/h3-9,19H,1-2H3. The van der Waals surface area contributed by atoms with E-state index in [1.807, 2.05) is 0 Å². The number of carbonyl (C=O) groups is 1. The van der Waals surface area contributed by atoms with E-state index in [4.69, 9.17) is 16.3 Å². The van der Waals surface area contributed by atoms with Crippen molar-refractivity contribution in [2.45, 2.75) is 20.1 Å². The lowest BCUT2D eigenvalue weighted by Gasteiger charge is -2.13. The summed E-state index contributed by atoms with van der Waals surface area (Å²) in [6.07, 6.45) is -1.07. The topological polar surface area (TPSA) is 69.4 Å². The van der Waals surface area contributed by atoms with E-state index >= 15 is 0 Å². The van der Waals surface area contributed by atoms with Gasteiger partial charge < -0.3 is 4.74 Å². The molecule has 4 rings (SSSR count). The van der Waals surface area contributed by atoms with Gasteiger partial charge in [0.2, 0.25) is 5.82 Å². The number of hydrogen-bond donors (Lipinski definition) is 0. The highest BCUT2D eigenvalue weighted by Crippen LogP contribution is 2.33. The fourth-order valence-corrected chi connectivity index (χ4v) is 3.25. The van der Waals surface area contributed by atoms with E-state index in [1.165, 1.54) is 13.0 Å². The van der Waals surface area contributed by atoms with Crippen LogP contribution in [0.5, 0.6) is 0 Å². The molecular weight excluding hydrogens is 371 g/mol. The molecule has 0 spiro atoms. The van der Waals surface area contributed by atoms with Crippen molar-refractivity contribution in [1.29, 1.82) is 0 Å². The SMILES string of the molecule is CC(=O)OC1N=C(c2ccccc2F)c2cc(Cl)ccc2-n2c(C)nnc21. The van der Waals surface area contributed by atoms with Crippen molar-refractivity contribution in [1.82, 2.24) is 14.8 Å². The van der Waals surface area contributed by atoms with Crippen LogP contribution >= 0.6 is 11.6 Å². The third kappa shape index (κ3) is 3.00.